The fourth-order valence-corrected chi connectivity index (χ4v) is 3.85. The number of carbonyl (C=O) groups is 1. The fourth-order valence-electron chi connectivity index (χ4n) is 3.85. The topological polar surface area (TPSA) is 65.4 Å². The first kappa shape index (κ1) is 15.6. The lowest BCUT2D eigenvalue weighted by molar-refractivity contribution is -0.132. The maximum atomic E-state index is 12.3. The van der Waals surface area contributed by atoms with Gasteiger partial charge in [-0.25, -0.2) is 0 Å². The van der Waals surface area contributed by atoms with Crippen molar-refractivity contribution < 1.29 is 9.53 Å². The van der Waals surface area contributed by atoms with Crippen LogP contribution in [-0.4, -0.2) is 42.1 Å². The van der Waals surface area contributed by atoms with E-state index in [0.717, 1.165) is 38.0 Å². The fraction of sp³-hybridized carbons (Fsp3) is 0.579. The summed E-state index contributed by atoms with van der Waals surface area (Å²) in [5.74, 6) is 0.751. The summed E-state index contributed by atoms with van der Waals surface area (Å²) in [4.78, 5) is 14.7. The molecule has 0 radical (unpaired) electrons. The summed E-state index contributed by atoms with van der Waals surface area (Å²) >= 11 is 0. The molecule has 4 rings (SSSR count). The minimum atomic E-state index is -0.299. The third-order valence-corrected chi connectivity index (χ3v) is 5.39. The van der Waals surface area contributed by atoms with E-state index in [1.54, 1.807) is 0 Å². The smallest absolute Gasteiger partial charge is 0.249 e. The third kappa shape index (κ3) is 3.31. The first-order chi connectivity index (χ1) is 11.7. The van der Waals surface area contributed by atoms with Gasteiger partial charge in [-0.1, -0.05) is 12.1 Å². The summed E-state index contributed by atoms with van der Waals surface area (Å²) in [7, 11) is 0. The second kappa shape index (κ2) is 6.54. The molecule has 3 atom stereocenters. The molecule has 2 saturated heterocycles. The second-order valence-electron chi connectivity index (χ2n) is 7.23. The Kier molecular flexibility index (Phi) is 4.26. The number of hydrogen-bond donors (Lipinski definition) is 1. The number of nitrogens with one attached hydrogen (secondary N) is 1. The molecule has 3 aliphatic rings. The van der Waals surface area contributed by atoms with Gasteiger partial charge in [0.25, 0.3) is 0 Å². The quantitative estimate of drug-likeness (QED) is 0.897. The van der Waals surface area contributed by atoms with Crippen molar-refractivity contribution in [1.82, 2.24) is 10.2 Å². The molecule has 1 aromatic rings. The van der Waals surface area contributed by atoms with Crippen molar-refractivity contribution in [1.29, 1.82) is 5.26 Å². The van der Waals surface area contributed by atoms with Crippen LogP contribution in [0.3, 0.4) is 0 Å². The van der Waals surface area contributed by atoms with E-state index in [1.807, 2.05) is 18.2 Å². The minimum absolute atomic E-state index is 0.0581. The summed E-state index contributed by atoms with van der Waals surface area (Å²) in [6.45, 7) is 2.61. The lowest BCUT2D eigenvalue weighted by Crippen LogP contribution is -2.37. The molecule has 1 N–H and O–H groups in total. The monoisotopic (exact) mass is 325 g/mol. The molecule has 5 nitrogen and oxygen atoms in total. The molecule has 1 aromatic carbocycles. The maximum Gasteiger partial charge on any atom is 0.249 e. The molecule has 0 spiro atoms. The average molecular weight is 325 g/mol. The largest absolute Gasteiger partial charge is 0.363 e. The molecular formula is C19H23N3O2. The van der Waals surface area contributed by atoms with E-state index in [4.69, 9.17) is 10.00 Å². The molecule has 1 saturated carbocycles. The zero-order chi connectivity index (χ0) is 16.5. The van der Waals surface area contributed by atoms with Gasteiger partial charge < -0.3 is 10.1 Å². The van der Waals surface area contributed by atoms with Crippen LogP contribution in [0.2, 0.25) is 0 Å². The first-order valence-corrected chi connectivity index (χ1v) is 8.89. The number of nitriles is 1. The minimum Gasteiger partial charge on any atom is -0.363 e. The number of likely N-dealkylation sites (tertiary alicyclic amines) is 1. The maximum absolute atomic E-state index is 12.3. The van der Waals surface area contributed by atoms with E-state index in [0.29, 0.717) is 17.5 Å². The Morgan fingerprint density at radius 3 is 3.04 bits per heavy atom. The van der Waals surface area contributed by atoms with Gasteiger partial charge in [0.15, 0.2) is 0 Å². The molecule has 2 aliphatic heterocycles. The van der Waals surface area contributed by atoms with Gasteiger partial charge in [0.1, 0.15) is 6.10 Å². The van der Waals surface area contributed by atoms with Gasteiger partial charge in [-0.2, -0.15) is 5.26 Å². The van der Waals surface area contributed by atoms with Crippen molar-refractivity contribution in [3.8, 4) is 6.07 Å². The van der Waals surface area contributed by atoms with Crippen LogP contribution in [0.4, 0.5) is 0 Å². The number of amides is 1. The number of hydrogen-bond acceptors (Lipinski definition) is 4. The normalized spacial score (nSPS) is 29.2. The van der Waals surface area contributed by atoms with Crippen LogP contribution >= 0.6 is 0 Å². The van der Waals surface area contributed by atoms with Crippen LogP contribution in [0, 0.1) is 17.2 Å². The Bertz CT molecular complexity index is 665. The molecule has 5 heteroatoms. The van der Waals surface area contributed by atoms with Crippen molar-refractivity contribution in [2.45, 2.75) is 50.5 Å². The molecule has 3 fully saturated rings. The van der Waals surface area contributed by atoms with Crippen LogP contribution in [0.5, 0.6) is 0 Å². The van der Waals surface area contributed by atoms with Crippen LogP contribution in [-0.2, 0) is 16.1 Å². The Morgan fingerprint density at radius 1 is 1.38 bits per heavy atom. The van der Waals surface area contributed by atoms with Crippen LogP contribution in [0.25, 0.3) is 0 Å². The molecule has 0 unspecified atom stereocenters. The molecule has 0 aromatic heterocycles. The number of fused-ring (bicyclic) bond motifs is 1. The van der Waals surface area contributed by atoms with Crippen molar-refractivity contribution in [2.75, 3.05) is 13.1 Å². The molecule has 2 heterocycles. The van der Waals surface area contributed by atoms with Gasteiger partial charge in [0, 0.05) is 32.1 Å². The predicted octanol–water partition coefficient (Wildman–Crippen LogP) is 1.82. The number of nitrogens with zero attached hydrogens (tertiary/aromatic N) is 2. The number of ether oxygens (including phenoxy) is 1. The highest BCUT2D eigenvalue weighted by atomic mass is 16.5. The number of carbonyl (C=O) groups excluding carboxylic acids is 1. The van der Waals surface area contributed by atoms with Gasteiger partial charge >= 0.3 is 0 Å². The lowest BCUT2D eigenvalue weighted by atomic mass is 10.1. The summed E-state index contributed by atoms with van der Waals surface area (Å²) in [5, 5.41) is 12.1. The second-order valence-corrected chi connectivity index (χ2v) is 7.23. The summed E-state index contributed by atoms with van der Waals surface area (Å²) in [5.41, 5.74) is 1.85. The van der Waals surface area contributed by atoms with Crippen LogP contribution < -0.4 is 5.32 Å². The van der Waals surface area contributed by atoms with Crippen molar-refractivity contribution in [3.63, 3.8) is 0 Å². The molecule has 0 bridgehead atoms. The highest BCUT2D eigenvalue weighted by molar-refractivity contribution is 5.81. The van der Waals surface area contributed by atoms with Gasteiger partial charge in [0.2, 0.25) is 5.91 Å². The number of benzene rings is 1. The average Bonchev–Trinajstić information content (AvgIpc) is 3.22. The van der Waals surface area contributed by atoms with E-state index in [-0.39, 0.29) is 18.1 Å². The highest BCUT2D eigenvalue weighted by Crippen LogP contribution is 2.34. The highest BCUT2D eigenvalue weighted by Gasteiger charge is 2.45. The zero-order valence-electron chi connectivity index (χ0n) is 13.8. The van der Waals surface area contributed by atoms with Crippen molar-refractivity contribution in [3.05, 3.63) is 35.4 Å². The van der Waals surface area contributed by atoms with Gasteiger partial charge in [-0.15, -0.1) is 0 Å². The molecule has 126 valence electrons. The molecular weight excluding hydrogens is 302 g/mol. The van der Waals surface area contributed by atoms with E-state index < -0.39 is 0 Å². The van der Waals surface area contributed by atoms with Crippen LogP contribution in [0.15, 0.2) is 24.3 Å². The molecule has 1 amide bonds. The lowest BCUT2D eigenvalue weighted by Gasteiger charge is -2.22. The van der Waals surface area contributed by atoms with Crippen molar-refractivity contribution >= 4 is 5.91 Å². The van der Waals surface area contributed by atoms with E-state index in [1.165, 1.54) is 12.8 Å². The van der Waals surface area contributed by atoms with Gasteiger partial charge in [-0.3, -0.25) is 9.69 Å². The Labute approximate surface area is 142 Å². The number of rotatable bonds is 5. The van der Waals surface area contributed by atoms with Gasteiger partial charge in [-0.05, 0) is 42.9 Å². The van der Waals surface area contributed by atoms with E-state index in [2.05, 4.69) is 22.4 Å². The van der Waals surface area contributed by atoms with Crippen molar-refractivity contribution in [2.24, 2.45) is 5.92 Å². The zero-order valence-corrected chi connectivity index (χ0v) is 13.8. The van der Waals surface area contributed by atoms with Crippen LogP contribution in [0.1, 0.15) is 36.8 Å². The molecule has 1 aliphatic carbocycles. The molecule has 24 heavy (non-hydrogen) atoms. The Hall–Kier alpha value is -1.90. The SMILES string of the molecule is N#Cc1cccc(CN2CC[C@@H]3O[C@H](C(=O)NCC4CC4)C[C@@H]32)c1. The third-order valence-electron chi connectivity index (χ3n) is 5.39. The summed E-state index contributed by atoms with van der Waals surface area (Å²) < 4.78 is 6.01. The summed E-state index contributed by atoms with van der Waals surface area (Å²) in [6.07, 6.45) is 4.11. The predicted molar refractivity (Wildman–Crippen MR) is 89.0 cm³/mol. The van der Waals surface area contributed by atoms with E-state index >= 15 is 0 Å². The van der Waals surface area contributed by atoms with Gasteiger partial charge in [0.05, 0.1) is 17.7 Å². The van der Waals surface area contributed by atoms with E-state index in [9.17, 15) is 4.79 Å². The standard InChI is InChI=1S/C19H23N3O2/c20-10-14-2-1-3-15(8-14)12-22-7-6-17-16(22)9-18(24-17)19(23)21-11-13-4-5-13/h1-3,8,13,16-18H,4-7,9,11-12H2,(H,21,23)/t16-,17-,18-/m0/s1. The first-order valence-electron chi connectivity index (χ1n) is 8.89. The Balaban J connectivity index is 1.35. The summed E-state index contributed by atoms with van der Waals surface area (Å²) in [6, 6.07) is 10.3. The Morgan fingerprint density at radius 2 is 2.25 bits per heavy atom.